The van der Waals surface area contributed by atoms with Gasteiger partial charge in [0, 0.05) is 7.05 Å². The van der Waals surface area contributed by atoms with Crippen molar-refractivity contribution in [2.45, 2.75) is 13.0 Å². The molecule has 0 aliphatic carbocycles. The summed E-state index contributed by atoms with van der Waals surface area (Å²) in [6.45, 7) is 1.29. The normalized spacial score (nSPS) is 11.4. The van der Waals surface area contributed by atoms with E-state index in [4.69, 9.17) is 16.3 Å². The zero-order chi connectivity index (χ0) is 15.3. The van der Waals surface area contributed by atoms with Gasteiger partial charge in [-0.1, -0.05) is 11.6 Å². The fourth-order valence-corrected chi connectivity index (χ4v) is 1.45. The van der Waals surface area contributed by atoms with Crippen LogP contribution in [-0.4, -0.2) is 31.1 Å². The summed E-state index contributed by atoms with van der Waals surface area (Å²) >= 11 is 5.69. The van der Waals surface area contributed by atoms with E-state index < -0.39 is 29.8 Å². The SMILES string of the molecule is CNC(=O)NC(=O)[C@H](C)OC(=O)c1ccc(F)cc1Cl. The topological polar surface area (TPSA) is 84.5 Å². The Balaban J connectivity index is 2.70. The highest BCUT2D eigenvalue weighted by molar-refractivity contribution is 6.33. The van der Waals surface area contributed by atoms with Gasteiger partial charge >= 0.3 is 12.0 Å². The van der Waals surface area contributed by atoms with Crippen molar-refractivity contribution in [3.05, 3.63) is 34.6 Å². The van der Waals surface area contributed by atoms with E-state index >= 15 is 0 Å². The molecule has 0 aliphatic heterocycles. The smallest absolute Gasteiger partial charge is 0.340 e. The molecule has 20 heavy (non-hydrogen) atoms. The number of hydrogen-bond acceptors (Lipinski definition) is 4. The van der Waals surface area contributed by atoms with Gasteiger partial charge in [-0.15, -0.1) is 0 Å². The number of amides is 3. The number of rotatable bonds is 3. The van der Waals surface area contributed by atoms with Gasteiger partial charge in [0.1, 0.15) is 5.82 Å². The Kier molecular flexibility index (Phi) is 5.45. The van der Waals surface area contributed by atoms with Gasteiger partial charge in [0.15, 0.2) is 6.10 Å². The molecule has 0 unspecified atom stereocenters. The molecule has 1 aromatic carbocycles. The molecule has 0 saturated carbocycles. The molecule has 1 aromatic rings. The van der Waals surface area contributed by atoms with Gasteiger partial charge in [0.05, 0.1) is 10.6 Å². The van der Waals surface area contributed by atoms with Crippen LogP contribution in [0.5, 0.6) is 0 Å². The average Bonchev–Trinajstić information content (AvgIpc) is 2.37. The van der Waals surface area contributed by atoms with Gasteiger partial charge in [-0.05, 0) is 25.1 Å². The lowest BCUT2D eigenvalue weighted by Crippen LogP contribution is -2.43. The third kappa shape index (κ3) is 4.20. The first-order valence-electron chi connectivity index (χ1n) is 5.53. The number of ether oxygens (including phenoxy) is 1. The van der Waals surface area contributed by atoms with Crippen molar-refractivity contribution < 1.29 is 23.5 Å². The Labute approximate surface area is 119 Å². The minimum Gasteiger partial charge on any atom is -0.449 e. The lowest BCUT2D eigenvalue weighted by atomic mass is 10.2. The highest BCUT2D eigenvalue weighted by Gasteiger charge is 2.21. The van der Waals surface area contributed by atoms with Crippen LogP contribution in [0.3, 0.4) is 0 Å². The molecule has 8 heteroatoms. The molecule has 0 bridgehead atoms. The van der Waals surface area contributed by atoms with Gasteiger partial charge < -0.3 is 10.1 Å². The Bertz CT molecular complexity index is 550. The number of benzene rings is 1. The summed E-state index contributed by atoms with van der Waals surface area (Å²) in [6, 6.07) is 2.41. The Morgan fingerprint density at radius 1 is 1.35 bits per heavy atom. The van der Waals surface area contributed by atoms with Gasteiger partial charge in [0.2, 0.25) is 0 Å². The maximum Gasteiger partial charge on any atom is 0.340 e. The summed E-state index contributed by atoms with van der Waals surface area (Å²) in [5.74, 6) is -2.29. The second-order valence-electron chi connectivity index (χ2n) is 3.74. The molecular weight excluding hydrogens is 291 g/mol. The number of halogens is 2. The van der Waals surface area contributed by atoms with Crippen molar-refractivity contribution in [2.24, 2.45) is 0 Å². The molecule has 0 fully saturated rings. The van der Waals surface area contributed by atoms with Gasteiger partial charge in [0.25, 0.3) is 5.91 Å². The molecule has 6 nitrogen and oxygen atoms in total. The summed E-state index contributed by atoms with van der Waals surface area (Å²) in [7, 11) is 1.33. The maximum absolute atomic E-state index is 12.8. The molecule has 0 aromatic heterocycles. The number of hydrogen-bond donors (Lipinski definition) is 2. The van der Waals surface area contributed by atoms with Crippen molar-refractivity contribution in [3.8, 4) is 0 Å². The summed E-state index contributed by atoms with van der Waals surface area (Å²) < 4.78 is 17.7. The predicted octanol–water partition coefficient (Wildman–Crippen LogP) is 1.48. The Morgan fingerprint density at radius 3 is 2.55 bits per heavy atom. The van der Waals surface area contributed by atoms with Crippen LogP contribution in [0.1, 0.15) is 17.3 Å². The molecule has 0 spiro atoms. The first kappa shape index (κ1) is 15.9. The second kappa shape index (κ2) is 6.85. The number of urea groups is 1. The molecular formula is C12H12ClFN2O4. The first-order valence-corrected chi connectivity index (χ1v) is 5.91. The Hall–Kier alpha value is -2.15. The molecule has 2 N–H and O–H groups in total. The minimum atomic E-state index is -1.21. The van der Waals surface area contributed by atoms with Crippen molar-refractivity contribution in [1.82, 2.24) is 10.6 Å². The van der Waals surface area contributed by atoms with Crippen LogP contribution < -0.4 is 10.6 Å². The fraction of sp³-hybridized carbons (Fsp3) is 0.250. The summed E-state index contributed by atoms with van der Waals surface area (Å²) in [6.07, 6.45) is -1.21. The van der Waals surface area contributed by atoms with Crippen LogP contribution in [0.4, 0.5) is 9.18 Å². The zero-order valence-corrected chi connectivity index (χ0v) is 11.5. The van der Waals surface area contributed by atoms with Crippen molar-refractivity contribution in [1.29, 1.82) is 0 Å². The highest BCUT2D eigenvalue weighted by atomic mass is 35.5. The summed E-state index contributed by atoms with van der Waals surface area (Å²) in [5.41, 5.74) is -0.0762. The number of carbonyl (C=O) groups excluding carboxylic acids is 3. The molecule has 0 aliphatic rings. The summed E-state index contributed by atoms with van der Waals surface area (Å²) in [5, 5.41) is 4.00. The molecule has 3 amide bonds. The van der Waals surface area contributed by atoms with E-state index in [-0.39, 0.29) is 10.6 Å². The number of imide groups is 1. The molecule has 0 radical (unpaired) electrons. The van der Waals surface area contributed by atoms with Crippen LogP contribution in [0.15, 0.2) is 18.2 Å². The third-order valence-corrected chi connectivity index (χ3v) is 2.58. The molecule has 0 heterocycles. The van der Waals surface area contributed by atoms with E-state index in [0.29, 0.717) is 0 Å². The minimum absolute atomic E-state index is 0.0762. The quantitative estimate of drug-likeness (QED) is 0.828. The highest BCUT2D eigenvalue weighted by Crippen LogP contribution is 2.18. The molecule has 108 valence electrons. The number of carbonyl (C=O) groups is 3. The maximum atomic E-state index is 12.8. The van der Waals surface area contributed by atoms with Crippen LogP contribution >= 0.6 is 11.6 Å². The first-order chi connectivity index (χ1) is 9.35. The van der Waals surface area contributed by atoms with Gasteiger partial charge in [-0.25, -0.2) is 14.0 Å². The fourth-order valence-electron chi connectivity index (χ4n) is 1.21. The van der Waals surface area contributed by atoms with Crippen LogP contribution in [0, 0.1) is 5.82 Å². The number of nitrogens with one attached hydrogen (secondary N) is 2. The second-order valence-corrected chi connectivity index (χ2v) is 4.15. The lowest BCUT2D eigenvalue weighted by Gasteiger charge is -2.13. The molecule has 1 rings (SSSR count). The van der Waals surface area contributed by atoms with Crippen LogP contribution in [0.2, 0.25) is 5.02 Å². The van der Waals surface area contributed by atoms with Crippen molar-refractivity contribution in [2.75, 3.05) is 7.05 Å². The zero-order valence-electron chi connectivity index (χ0n) is 10.7. The lowest BCUT2D eigenvalue weighted by molar-refractivity contribution is -0.127. The standard InChI is InChI=1S/C12H12ClFN2O4/c1-6(10(17)16-12(19)15-2)20-11(18)8-4-3-7(14)5-9(8)13/h3-6H,1-2H3,(H2,15,16,17,19)/t6-/m0/s1. The molecule has 0 saturated heterocycles. The predicted molar refractivity (Wildman–Crippen MR) is 68.9 cm³/mol. The van der Waals surface area contributed by atoms with Gasteiger partial charge in [-0.3, -0.25) is 10.1 Å². The van der Waals surface area contributed by atoms with E-state index in [0.717, 1.165) is 18.2 Å². The van der Waals surface area contributed by atoms with E-state index in [2.05, 4.69) is 5.32 Å². The molecule has 1 atom stereocenters. The van der Waals surface area contributed by atoms with E-state index in [1.165, 1.54) is 14.0 Å². The average molecular weight is 303 g/mol. The van der Waals surface area contributed by atoms with Crippen LogP contribution in [-0.2, 0) is 9.53 Å². The van der Waals surface area contributed by atoms with E-state index in [9.17, 15) is 18.8 Å². The van der Waals surface area contributed by atoms with Crippen LogP contribution in [0.25, 0.3) is 0 Å². The number of esters is 1. The van der Waals surface area contributed by atoms with E-state index in [1.54, 1.807) is 0 Å². The van der Waals surface area contributed by atoms with Gasteiger partial charge in [-0.2, -0.15) is 0 Å². The Morgan fingerprint density at radius 2 is 2.00 bits per heavy atom. The van der Waals surface area contributed by atoms with Crippen molar-refractivity contribution in [3.63, 3.8) is 0 Å². The monoisotopic (exact) mass is 302 g/mol. The summed E-state index contributed by atoms with van der Waals surface area (Å²) in [4.78, 5) is 34.1. The third-order valence-electron chi connectivity index (χ3n) is 2.27. The van der Waals surface area contributed by atoms with Crippen molar-refractivity contribution >= 4 is 29.5 Å². The van der Waals surface area contributed by atoms with E-state index in [1.807, 2.05) is 5.32 Å². The largest absolute Gasteiger partial charge is 0.449 e.